The molecule has 0 spiro atoms. The smallest absolute Gasteiger partial charge is 0.203 e. The summed E-state index contributed by atoms with van der Waals surface area (Å²) in [5.74, 6) is 0. The van der Waals surface area contributed by atoms with E-state index in [-0.39, 0.29) is 25.5 Å². The van der Waals surface area contributed by atoms with Crippen molar-refractivity contribution in [1.29, 1.82) is 0 Å². The molecule has 0 saturated heterocycles. The summed E-state index contributed by atoms with van der Waals surface area (Å²) >= 11 is 0. The first kappa shape index (κ1) is 12.3. The van der Waals surface area contributed by atoms with E-state index in [9.17, 15) is 17.2 Å². The van der Waals surface area contributed by atoms with Crippen molar-refractivity contribution in [3.8, 4) is 0 Å². The van der Waals surface area contributed by atoms with Crippen LogP contribution in [0.3, 0.4) is 0 Å². The molecular weight excluding hydrogens is 198 g/mol. The number of allylic oxidation sites excluding steroid dienone is 2. The van der Waals surface area contributed by atoms with Crippen LogP contribution in [0.5, 0.6) is 0 Å². The summed E-state index contributed by atoms with van der Waals surface area (Å²) in [6.07, 6.45) is 0.0648. The van der Waals surface area contributed by atoms with Gasteiger partial charge in [-0.05, 0) is 12.8 Å². The van der Waals surface area contributed by atoms with Crippen LogP contribution in [0.1, 0.15) is 26.7 Å². The Labute approximate surface area is 76.9 Å². The van der Waals surface area contributed by atoms with Crippen molar-refractivity contribution in [2.45, 2.75) is 26.7 Å². The lowest BCUT2D eigenvalue weighted by Crippen LogP contribution is -2.05. The van der Waals surface area contributed by atoms with E-state index in [4.69, 9.17) is 0 Å². The largest absolute Gasteiger partial charge is 0.219 e. The Kier molecular flexibility index (Phi) is 4.83. The van der Waals surface area contributed by atoms with E-state index in [0.717, 1.165) is 0 Å². The molecule has 0 aromatic carbocycles. The van der Waals surface area contributed by atoms with Crippen LogP contribution in [0.2, 0.25) is 0 Å². The number of hydrogen-bond donors (Lipinski definition) is 0. The summed E-state index contributed by atoms with van der Waals surface area (Å²) < 4.78 is 46.9. The lowest BCUT2D eigenvalue weighted by atomic mass is 10.5. The molecule has 0 bridgehead atoms. The van der Waals surface area contributed by atoms with Gasteiger partial charge in [0.25, 0.3) is 0 Å². The van der Waals surface area contributed by atoms with E-state index < -0.39 is 19.6 Å². The first-order chi connectivity index (χ1) is 6.04. The number of rotatable bonds is 4. The van der Waals surface area contributed by atoms with Gasteiger partial charge in [0.05, 0.1) is 9.81 Å². The van der Waals surface area contributed by atoms with Gasteiger partial charge in [-0.3, -0.25) is 0 Å². The SMILES string of the molecule is CCC(=CF)S(=O)(=O)C(=CF)CC. The zero-order valence-electron chi connectivity index (χ0n) is 7.55. The molecule has 0 aliphatic carbocycles. The van der Waals surface area contributed by atoms with Gasteiger partial charge in [-0.1, -0.05) is 13.8 Å². The van der Waals surface area contributed by atoms with E-state index in [0.29, 0.717) is 0 Å². The van der Waals surface area contributed by atoms with E-state index in [1.807, 2.05) is 0 Å². The zero-order chi connectivity index (χ0) is 10.5. The first-order valence-electron chi connectivity index (χ1n) is 3.88. The highest BCUT2D eigenvalue weighted by atomic mass is 32.2. The van der Waals surface area contributed by atoms with Crippen molar-refractivity contribution in [2.75, 3.05) is 0 Å². The Bertz CT molecular complexity index is 289. The summed E-state index contributed by atoms with van der Waals surface area (Å²) in [7, 11) is -3.89. The highest BCUT2D eigenvalue weighted by Gasteiger charge is 2.21. The maximum absolute atomic E-state index is 12.1. The molecular formula is C8H12F2O2S. The second-order valence-corrected chi connectivity index (χ2v) is 4.42. The molecule has 0 aromatic rings. The summed E-state index contributed by atoms with van der Waals surface area (Å²) in [6, 6.07) is 0. The average molecular weight is 210 g/mol. The van der Waals surface area contributed by atoms with Crippen molar-refractivity contribution in [3.05, 3.63) is 22.5 Å². The van der Waals surface area contributed by atoms with Crippen LogP contribution >= 0.6 is 0 Å². The minimum atomic E-state index is -3.89. The van der Waals surface area contributed by atoms with Crippen molar-refractivity contribution < 1.29 is 17.2 Å². The highest BCUT2D eigenvalue weighted by Crippen LogP contribution is 2.22. The van der Waals surface area contributed by atoms with Crippen LogP contribution in [-0.2, 0) is 9.84 Å². The Hall–Kier alpha value is -0.710. The average Bonchev–Trinajstić information content (AvgIpc) is 2.07. The fraction of sp³-hybridized carbons (Fsp3) is 0.500. The van der Waals surface area contributed by atoms with Crippen LogP contribution in [0.15, 0.2) is 22.5 Å². The number of sulfone groups is 1. The Morgan fingerprint density at radius 2 is 1.38 bits per heavy atom. The lowest BCUT2D eigenvalue weighted by molar-refractivity contribution is 0.599. The third-order valence-electron chi connectivity index (χ3n) is 1.63. The van der Waals surface area contributed by atoms with Crippen molar-refractivity contribution in [2.24, 2.45) is 0 Å². The minimum absolute atomic E-state index is 0.00843. The standard InChI is InChI=1S/C8H12F2O2S/c1-3-7(5-9)13(11,12)8(4-2)6-10/h5-6H,3-4H2,1-2H3. The molecule has 0 aromatic heterocycles. The lowest BCUT2D eigenvalue weighted by Gasteiger charge is -2.05. The number of halogens is 2. The van der Waals surface area contributed by atoms with E-state index in [2.05, 4.69) is 0 Å². The molecule has 0 radical (unpaired) electrons. The van der Waals surface area contributed by atoms with Gasteiger partial charge < -0.3 is 0 Å². The Morgan fingerprint density at radius 3 is 1.54 bits per heavy atom. The van der Waals surface area contributed by atoms with Crippen LogP contribution < -0.4 is 0 Å². The minimum Gasteiger partial charge on any atom is -0.219 e. The van der Waals surface area contributed by atoms with Crippen LogP contribution in [0.4, 0.5) is 8.78 Å². The summed E-state index contributed by atoms with van der Waals surface area (Å²) in [4.78, 5) is -0.781. The topological polar surface area (TPSA) is 34.1 Å². The molecule has 76 valence electrons. The highest BCUT2D eigenvalue weighted by molar-refractivity contribution is 7.98. The molecule has 0 aliphatic rings. The molecule has 0 atom stereocenters. The second-order valence-electron chi connectivity index (χ2n) is 2.36. The normalized spacial score (nSPS) is 14.8. The predicted octanol–water partition coefficient (Wildman–Crippen LogP) is 2.84. The van der Waals surface area contributed by atoms with Gasteiger partial charge in [0.1, 0.15) is 12.7 Å². The van der Waals surface area contributed by atoms with Gasteiger partial charge in [0.15, 0.2) is 0 Å². The van der Waals surface area contributed by atoms with Crippen LogP contribution in [-0.4, -0.2) is 8.42 Å². The monoisotopic (exact) mass is 210 g/mol. The third-order valence-corrected chi connectivity index (χ3v) is 3.77. The molecule has 5 heteroatoms. The molecule has 0 unspecified atom stereocenters. The van der Waals surface area contributed by atoms with Gasteiger partial charge in [0, 0.05) is 0 Å². The second kappa shape index (κ2) is 5.11. The molecule has 0 N–H and O–H groups in total. The Balaban J connectivity index is 5.20. The van der Waals surface area contributed by atoms with Crippen LogP contribution in [0.25, 0.3) is 0 Å². The first-order valence-corrected chi connectivity index (χ1v) is 5.36. The van der Waals surface area contributed by atoms with Crippen molar-refractivity contribution in [1.82, 2.24) is 0 Å². The predicted molar refractivity (Wildman–Crippen MR) is 47.9 cm³/mol. The maximum atomic E-state index is 12.1. The summed E-state index contributed by atoms with van der Waals surface area (Å²) in [6.45, 7) is 2.99. The van der Waals surface area contributed by atoms with Crippen molar-refractivity contribution >= 4 is 9.84 Å². The van der Waals surface area contributed by atoms with E-state index in [1.165, 1.54) is 13.8 Å². The van der Waals surface area contributed by atoms with Gasteiger partial charge in [-0.25, -0.2) is 17.2 Å². The van der Waals surface area contributed by atoms with Gasteiger partial charge in [0.2, 0.25) is 9.84 Å². The summed E-state index contributed by atoms with van der Waals surface area (Å²) in [5, 5.41) is 0. The molecule has 0 rings (SSSR count). The molecule has 13 heavy (non-hydrogen) atoms. The van der Waals surface area contributed by atoms with Crippen LogP contribution in [0, 0.1) is 0 Å². The molecule has 0 heterocycles. The number of hydrogen-bond acceptors (Lipinski definition) is 2. The molecule has 0 aliphatic heterocycles. The molecule has 0 fully saturated rings. The van der Waals surface area contributed by atoms with E-state index in [1.54, 1.807) is 0 Å². The van der Waals surface area contributed by atoms with E-state index >= 15 is 0 Å². The molecule has 0 amide bonds. The molecule has 2 nitrogen and oxygen atoms in total. The maximum Gasteiger partial charge on any atom is 0.203 e. The quantitative estimate of drug-likeness (QED) is 0.715. The fourth-order valence-electron chi connectivity index (χ4n) is 0.820. The summed E-state index contributed by atoms with van der Waals surface area (Å²) in [5.41, 5.74) is 0. The fourth-order valence-corrected chi connectivity index (χ4v) is 2.15. The Morgan fingerprint density at radius 1 is 1.08 bits per heavy atom. The van der Waals surface area contributed by atoms with Gasteiger partial charge >= 0.3 is 0 Å². The van der Waals surface area contributed by atoms with Gasteiger partial charge in [-0.2, -0.15) is 0 Å². The van der Waals surface area contributed by atoms with Crippen molar-refractivity contribution in [3.63, 3.8) is 0 Å². The third kappa shape index (κ3) is 2.62. The molecule has 0 saturated carbocycles. The van der Waals surface area contributed by atoms with Gasteiger partial charge in [-0.15, -0.1) is 0 Å². The zero-order valence-corrected chi connectivity index (χ0v) is 8.37.